The van der Waals surface area contributed by atoms with Gasteiger partial charge in [0.2, 0.25) is 5.91 Å². The minimum absolute atomic E-state index is 0.197. The number of hydrogen-bond donors (Lipinski definition) is 2. The molecule has 2 rings (SSSR count). The first-order valence-electron chi connectivity index (χ1n) is 8.14. The van der Waals surface area contributed by atoms with Crippen molar-refractivity contribution < 1.29 is 23.1 Å². The first-order chi connectivity index (χ1) is 10.4. The average Bonchev–Trinajstić information content (AvgIpc) is 2.93. The van der Waals surface area contributed by atoms with Gasteiger partial charge < -0.3 is 10.4 Å². The second kappa shape index (κ2) is 7.64. The molecule has 1 aliphatic heterocycles. The smallest absolute Gasteiger partial charge is 0.382 e. The van der Waals surface area contributed by atoms with E-state index < -0.39 is 24.9 Å². The van der Waals surface area contributed by atoms with Gasteiger partial charge in [-0.3, -0.25) is 9.69 Å². The number of likely N-dealkylation sites (tertiary alicyclic amines) is 1. The van der Waals surface area contributed by atoms with Gasteiger partial charge >= 0.3 is 6.18 Å². The van der Waals surface area contributed by atoms with Gasteiger partial charge in [0.1, 0.15) is 0 Å². The Bertz CT molecular complexity index is 370. The minimum atomic E-state index is -4.63. The highest BCUT2D eigenvalue weighted by Crippen LogP contribution is 2.25. The number of nitrogens with zero attached hydrogens (tertiary/aromatic N) is 1. The SMILES string of the molecule is O=C(NCC1CCCCC1)[C@@H]1CCCN1C[C@H](O)C(F)(F)F. The topological polar surface area (TPSA) is 52.6 Å². The quantitative estimate of drug-likeness (QED) is 0.815. The van der Waals surface area contributed by atoms with E-state index in [4.69, 9.17) is 0 Å². The lowest BCUT2D eigenvalue weighted by Gasteiger charge is -2.28. The average molecular weight is 322 g/mol. The summed E-state index contributed by atoms with van der Waals surface area (Å²) in [6, 6.07) is -0.541. The maximum atomic E-state index is 12.4. The van der Waals surface area contributed by atoms with Gasteiger partial charge in [-0.2, -0.15) is 13.2 Å². The van der Waals surface area contributed by atoms with Crippen LogP contribution in [0.5, 0.6) is 0 Å². The van der Waals surface area contributed by atoms with E-state index in [0.29, 0.717) is 31.8 Å². The van der Waals surface area contributed by atoms with Crippen LogP contribution >= 0.6 is 0 Å². The number of alkyl halides is 3. The number of carbonyl (C=O) groups is 1. The van der Waals surface area contributed by atoms with Crippen LogP contribution in [-0.2, 0) is 4.79 Å². The van der Waals surface area contributed by atoms with Crippen LogP contribution in [-0.4, -0.2) is 53.9 Å². The summed E-state index contributed by atoms with van der Waals surface area (Å²) < 4.78 is 37.3. The maximum absolute atomic E-state index is 12.4. The van der Waals surface area contributed by atoms with E-state index >= 15 is 0 Å². The van der Waals surface area contributed by atoms with E-state index in [0.717, 1.165) is 12.8 Å². The monoisotopic (exact) mass is 322 g/mol. The van der Waals surface area contributed by atoms with Crippen molar-refractivity contribution in [3.8, 4) is 0 Å². The van der Waals surface area contributed by atoms with E-state index in [9.17, 15) is 23.1 Å². The van der Waals surface area contributed by atoms with Crippen molar-refractivity contribution in [1.29, 1.82) is 0 Å². The molecule has 1 aliphatic carbocycles. The van der Waals surface area contributed by atoms with Crippen molar-refractivity contribution in [2.45, 2.75) is 63.3 Å². The number of β-amino-alcohol motifs (C(OH)–C–C–N with tert-alkyl or cyclic N) is 1. The number of amides is 1. The molecule has 4 nitrogen and oxygen atoms in total. The fraction of sp³-hybridized carbons (Fsp3) is 0.933. The third-order valence-electron chi connectivity index (χ3n) is 4.74. The summed E-state index contributed by atoms with van der Waals surface area (Å²) in [5.41, 5.74) is 0. The Labute approximate surface area is 129 Å². The fourth-order valence-electron chi connectivity index (χ4n) is 3.42. The second-order valence-electron chi connectivity index (χ2n) is 6.46. The number of halogens is 3. The Kier molecular flexibility index (Phi) is 6.09. The Morgan fingerprint density at radius 1 is 1.18 bits per heavy atom. The maximum Gasteiger partial charge on any atom is 0.415 e. The van der Waals surface area contributed by atoms with Crippen molar-refractivity contribution in [1.82, 2.24) is 10.2 Å². The van der Waals surface area contributed by atoms with Crippen LogP contribution in [0, 0.1) is 5.92 Å². The second-order valence-corrected chi connectivity index (χ2v) is 6.46. The minimum Gasteiger partial charge on any atom is -0.382 e. The number of hydrogen-bond acceptors (Lipinski definition) is 3. The molecule has 0 aromatic carbocycles. The van der Waals surface area contributed by atoms with Gasteiger partial charge in [-0.05, 0) is 38.1 Å². The van der Waals surface area contributed by atoms with Crippen molar-refractivity contribution in [3.05, 3.63) is 0 Å². The van der Waals surface area contributed by atoms with Crippen LogP contribution < -0.4 is 5.32 Å². The molecular formula is C15H25F3N2O2. The molecule has 2 fully saturated rings. The molecule has 0 unspecified atom stereocenters. The third kappa shape index (κ3) is 4.84. The highest BCUT2D eigenvalue weighted by molar-refractivity contribution is 5.82. The van der Waals surface area contributed by atoms with Crippen LogP contribution in [0.25, 0.3) is 0 Å². The van der Waals surface area contributed by atoms with Gasteiger partial charge in [0.25, 0.3) is 0 Å². The Balaban J connectivity index is 1.80. The number of aliphatic hydroxyl groups is 1. The van der Waals surface area contributed by atoms with E-state index in [1.54, 1.807) is 0 Å². The summed E-state index contributed by atoms with van der Waals surface area (Å²) in [6.45, 7) is 0.519. The Morgan fingerprint density at radius 3 is 2.50 bits per heavy atom. The molecule has 1 saturated heterocycles. The highest BCUT2D eigenvalue weighted by atomic mass is 19.4. The number of nitrogens with one attached hydrogen (secondary N) is 1. The molecule has 0 bridgehead atoms. The Hall–Kier alpha value is -0.820. The molecule has 2 atom stereocenters. The van der Waals surface area contributed by atoms with E-state index in [-0.39, 0.29) is 5.91 Å². The van der Waals surface area contributed by atoms with Gasteiger partial charge in [-0.25, -0.2) is 0 Å². The fourth-order valence-corrected chi connectivity index (χ4v) is 3.42. The molecule has 1 amide bonds. The molecule has 2 N–H and O–H groups in total. The molecule has 1 heterocycles. The number of aliphatic hydroxyl groups excluding tert-OH is 1. The standard InChI is InChI=1S/C15H25F3N2O2/c16-15(17,18)13(21)10-20-8-4-7-12(20)14(22)19-9-11-5-2-1-3-6-11/h11-13,21H,1-10H2,(H,19,22)/t12-,13-/m0/s1. The lowest BCUT2D eigenvalue weighted by atomic mass is 9.89. The summed E-state index contributed by atoms with van der Waals surface area (Å²) in [6.07, 6.45) is 0.0684. The summed E-state index contributed by atoms with van der Waals surface area (Å²) in [5, 5.41) is 12.1. The van der Waals surface area contributed by atoms with Gasteiger partial charge in [0, 0.05) is 13.1 Å². The van der Waals surface area contributed by atoms with Crippen LogP contribution in [0.4, 0.5) is 13.2 Å². The van der Waals surface area contributed by atoms with Crippen molar-refractivity contribution >= 4 is 5.91 Å². The first-order valence-corrected chi connectivity index (χ1v) is 8.14. The molecule has 1 saturated carbocycles. The predicted octanol–water partition coefficient (Wildman–Crippen LogP) is 2.07. The van der Waals surface area contributed by atoms with Gasteiger partial charge in [0.15, 0.2) is 6.10 Å². The molecule has 128 valence electrons. The molecule has 22 heavy (non-hydrogen) atoms. The largest absolute Gasteiger partial charge is 0.415 e. The molecule has 0 aromatic rings. The first kappa shape index (κ1) is 17.5. The van der Waals surface area contributed by atoms with Gasteiger partial charge in [0.05, 0.1) is 6.04 Å². The molecule has 0 radical (unpaired) electrons. The molecular weight excluding hydrogens is 297 g/mol. The Morgan fingerprint density at radius 2 is 1.86 bits per heavy atom. The van der Waals surface area contributed by atoms with E-state index in [2.05, 4.69) is 5.32 Å². The van der Waals surface area contributed by atoms with Crippen molar-refractivity contribution in [2.75, 3.05) is 19.6 Å². The summed E-state index contributed by atoms with van der Waals surface area (Å²) in [7, 11) is 0. The normalized spacial score (nSPS) is 26.1. The van der Waals surface area contributed by atoms with Crippen LogP contribution in [0.3, 0.4) is 0 Å². The summed E-state index contributed by atoms with van der Waals surface area (Å²) >= 11 is 0. The molecule has 2 aliphatic rings. The zero-order valence-electron chi connectivity index (χ0n) is 12.7. The molecule has 0 aromatic heterocycles. The lowest BCUT2D eigenvalue weighted by molar-refractivity contribution is -0.208. The number of rotatable bonds is 5. The van der Waals surface area contributed by atoms with Crippen molar-refractivity contribution in [3.63, 3.8) is 0 Å². The van der Waals surface area contributed by atoms with Gasteiger partial charge in [-0.1, -0.05) is 19.3 Å². The predicted molar refractivity (Wildman–Crippen MR) is 76.2 cm³/mol. The molecule has 7 heteroatoms. The van der Waals surface area contributed by atoms with Crippen LogP contribution in [0.2, 0.25) is 0 Å². The third-order valence-corrected chi connectivity index (χ3v) is 4.74. The summed E-state index contributed by atoms with van der Waals surface area (Å²) in [4.78, 5) is 13.7. The summed E-state index contributed by atoms with van der Waals surface area (Å²) in [5.74, 6) is 0.297. The van der Waals surface area contributed by atoms with E-state index in [1.165, 1.54) is 24.2 Å². The lowest BCUT2D eigenvalue weighted by Crippen LogP contribution is -2.49. The van der Waals surface area contributed by atoms with E-state index in [1.807, 2.05) is 0 Å². The van der Waals surface area contributed by atoms with Crippen LogP contribution in [0.15, 0.2) is 0 Å². The molecule has 0 spiro atoms. The highest BCUT2D eigenvalue weighted by Gasteiger charge is 2.42. The zero-order valence-corrected chi connectivity index (χ0v) is 12.7. The van der Waals surface area contributed by atoms with Crippen LogP contribution in [0.1, 0.15) is 44.9 Å². The number of carbonyl (C=O) groups excluding carboxylic acids is 1. The van der Waals surface area contributed by atoms with Gasteiger partial charge in [-0.15, -0.1) is 0 Å². The zero-order chi connectivity index (χ0) is 16.2. The van der Waals surface area contributed by atoms with Crippen molar-refractivity contribution in [2.24, 2.45) is 5.92 Å².